The molecule has 0 aliphatic heterocycles. The minimum Gasteiger partial charge on any atom is -0.495 e. The Morgan fingerprint density at radius 2 is 2.03 bits per heavy atom. The molecule has 0 spiro atoms. The number of benzene rings is 2. The summed E-state index contributed by atoms with van der Waals surface area (Å²) >= 11 is 1.36. The molecule has 1 aromatic heterocycles. The standard InChI is InChI=1S/C22H24N4O2S/c1-5-13-26-20(17-9-7-6-8-10-17)24-25-22(26)29-16(3)21(27)23-18-14-15(2)11-12-19(18)28-4/h5-12,14,16H,1,13H2,2-4H3,(H,23,27)/t16-/m0/s1. The van der Waals surface area contributed by atoms with E-state index in [0.717, 1.165) is 17.0 Å². The zero-order valence-corrected chi connectivity index (χ0v) is 17.6. The van der Waals surface area contributed by atoms with E-state index in [1.807, 2.05) is 66.9 Å². The number of aromatic nitrogens is 3. The van der Waals surface area contributed by atoms with E-state index in [9.17, 15) is 4.79 Å². The molecular weight excluding hydrogens is 384 g/mol. The van der Waals surface area contributed by atoms with E-state index in [4.69, 9.17) is 4.74 Å². The van der Waals surface area contributed by atoms with Crippen LogP contribution in [0.4, 0.5) is 5.69 Å². The maximum atomic E-state index is 12.8. The van der Waals surface area contributed by atoms with Crippen molar-refractivity contribution in [3.05, 3.63) is 66.7 Å². The minimum atomic E-state index is -0.378. The van der Waals surface area contributed by atoms with Crippen molar-refractivity contribution in [2.45, 2.75) is 30.8 Å². The lowest BCUT2D eigenvalue weighted by Crippen LogP contribution is -2.23. The number of nitrogens with one attached hydrogen (secondary N) is 1. The Kier molecular flexibility index (Phi) is 6.72. The number of methoxy groups -OCH3 is 1. The van der Waals surface area contributed by atoms with Gasteiger partial charge in [0.1, 0.15) is 5.75 Å². The van der Waals surface area contributed by atoms with Gasteiger partial charge < -0.3 is 10.1 Å². The molecule has 1 atom stereocenters. The van der Waals surface area contributed by atoms with Crippen molar-refractivity contribution in [2.75, 3.05) is 12.4 Å². The number of allylic oxidation sites excluding steroid dienone is 1. The molecule has 7 heteroatoms. The first kappa shape index (κ1) is 20.7. The van der Waals surface area contributed by atoms with Gasteiger partial charge in [0.15, 0.2) is 11.0 Å². The maximum Gasteiger partial charge on any atom is 0.237 e. The lowest BCUT2D eigenvalue weighted by Gasteiger charge is -2.15. The van der Waals surface area contributed by atoms with Gasteiger partial charge in [-0.25, -0.2) is 0 Å². The fourth-order valence-corrected chi connectivity index (χ4v) is 3.69. The molecule has 29 heavy (non-hydrogen) atoms. The Hall–Kier alpha value is -3.06. The van der Waals surface area contributed by atoms with E-state index in [2.05, 4.69) is 22.1 Å². The van der Waals surface area contributed by atoms with Crippen LogP contribution in [-0.4, -0.2) is 33.0 Å². The second-order valence-electron chi connectivity index (χ2n) is 6.52. The van der Waals surface area contributed by atoms with Gasteiger partial charge in [-0.1, -0.05) is 54.2 Å². The number of carbonyl (C=O) groups excluding carboxylic acids is 1. The smallest absolute Gasteiger partial charge is 0.237 e. The van der Waals surface area contributed by atoms with Crippen molar-refractivity contribution in [3.8, 4) is 17.1 Å². The van der Waals surface area contributed by atoms with Crippen LogP contribution >= 0.6 is 11.8 Å². The van der Waals surface area contributed by atoms with Crippen molar-refractivity contribution in [1.82, 2.24) is 14.8 Å². The monoisotopic (exact) mass is 408 g/mol. The Morgan fingerprint density at radius 1 is 1.28 bits per heavy atom. The van der Waals surface area contributed by atoms with E-state index in [1.165, 1.54) is 11.8 Å². The van der Waals surface area contributed by atoms with Crippen molar-refractivity contribution < 1.29 is 9.53 Å². The lowest BCUT2D eigenvalue weighted by molar-refractivity contribution is -0.115. The Morgan fingerprint density at radius 3 is 2.72 bits per heavy atom. The number of ether oxygens (including phenoxy) is 1. The van der Waals surface area contributed by atoms with Gasteiger partial charge in [0, 0.05) is 12.1 Å². The maximum absolute atomic E-state index is 12.8. The van der Waals surface area contributed by atoms with Crippen LogP contribution in [0.15, 0.2) is 66.3 Å². The van der Waals surface area contributed by atoms with E-state index >= 15 is 0 Å². The zero-order chi connectivity index (χ0) is 20.8. The SMILES string of the molecule is C=CCn1c(S[C@@H](C)C(=O)Nc2cc(C)ccc2OC)nnc1-c1ccccc1. The van der Waals surface area contributed by atoms with Gasteiger partial charge >= 0.3 is 0 Å². The number of carbonyl (C=O) groups is 1. The topological polar surface area (TPSA) is 69.0 Å². The molecule has 3 rings (SSSR count). The molecule has 1 amide bonds. The molecule has 3 aromatic rings. The Labute approximate surface area is 175 Å². The molecule has 0 unspecified atom stereocenters. The van der Waals surface area contributed by atoms with Crippen molar-refractivity contribution >= 4 is 23.4 Å². The van der Waals surface area contributed by atoms with Crippen LogP contribution in [0, 0.1) is 6.92 Å². The van der Waals surface area contributed by atoms with Gasteiger partial charge in [-0.15, -0.1) is 16.8 Å². The third-order valence-corrected chi connectivity index (χ3v) is 5.41. The molecular formula is C22H24N4O2S. The minimum absolute atomic E-state index is 0.131. The molecule has 2 aromatic carbocycles. The molecule has 0 aliphatic rings. The largest absolute Gasteiger partial charge is 0.495 e. The van der Waals surface area contributed by atoms with Crippen LogP contribution in [0.25, 0.3) is 11.4 Å². The summed E-state index contributed by atoms with van der Waals surface area (Å²) in [5.74, 6) is 1.25. The first-order valence-electron chi connectivity index (χ1n) is 9.25. The molecule has 0 saturated heterocycles. The summed E-state index contributed by atoms with van der Waals surface area (Å²) in [7, 11) is 1.58. The summed E-state index contributed by atoms with van der Waals surface area (Å²) < 4.78 is 7.31. The Bertz CT molecular complexity index is 1000. The van der Waals surface area contributed by atoms with Gasteiger partial charge in [-0.3, -0.25) is 9.36 Å². The van der Waals surface area contributed by atoms with Crippen molar-refractivity contribution in [2.24, 2.45) is 0 Å². The first-order valence-corrected chi connectivity index (χ1v) is 10.1. The summed E-state index contributed by atoms with van der Waals surface area (Å²) in [6, 6.07) is 15.5. The summed E-state index contributed by atoms with van der Waals surface area (Å²) in [4.78, 5) is 12.8. The second kappa shape index (κ2) is 9.43. The van der Waals surface area contributed by atoms with Gasteiger partial charge in [-0.2, -0.15) is 0 Å². The molecule has 0 bridgehead atoms. The quantitative estimate of drug-likeness (QED) is 0.437. The van der Waals surface area contributed by atoms with Crippen molar-refractivity contribution in [3.63, 3.8) is 0 Å². The van der Waals surface area contributed by atoms with Gasteiger partial charge in [0.2, 0.25) is 5.91 Å². The predicted molar refractivity (Wildman–Crippen MR) is 117 cm³/mol. The van der Waals surface area contributed by atoms with Crippen molar-refractivity contribution in [1.29, 1.82) is 0 Å². The predicted octanol–water partition coefficient (Wildman–Crippen LogP) is 4.57. The molecule has 0 aliphatic carbocycles. The number of thioether (sulfide) groups is 1. The molecule has 6 nitrogen and oxygen atoms in total. The number of amides is 1. The molecule has 150 valence electrons. The average Bonchev–Trinajstić information content (AvgIpc) is 3.11. The van der Waals surface area contributed by atoms with Crippen LogP contribution in [0.1, 0.15) is 12.5 Å². The molecule has 0 saturated carbocycles. The Balaban J connectivity index is 1.79. The number of hydrogen-bond acceptors (Lipinski definition) is 5. The van der Waals surface area contributed by atoms with E-state index in [1.54, 1.807) is 13.2 Å². The summed E-state index contributed by atoms with van der Waals surface area (Å²) in [5, 5.41) is 11.9. The molecule has 0 fully saturated rings. The van der Waals surface area contributed by atoms with Crippen LogP contribution in [0.2, 0.25) is 0 Å². The first-order chi connectivity index (χ1) is 14.0. The second-order valence-corrected chi connectivity index (χ2v) is 7.83. The fourth-order valence-electron chi connectivity index (χ4n) is 2.84. The highest BCUT2D eigenvalue weighted by Gasteiger charge is 2.21. The summed E-state index contributed by atoms with van der Waals surface area (Å²) in [6.45, 7) is 8.20. The van der Waals surface area contributed by atoms with E-state index in [0.29, 0.717) is 23.1 Å². The highest BCUT2D eigenvalue weighted by molar-refractivity contribution is 8.00. The molecule has 1 N–H and O–H groups in total. The van der Waals surface area contributed by atoms with E-state index in [-0.39, 0.29) is 11.2 Å². The average molecular weight is 409 g/mol. The van der Waals surface area contributed by atoms with Crippen LogP contribution < -0.4 is 10.1 Å². The lowest BCUT2D eigenvalue weighted by atomic mass is 10.2. The highest BCUT2D eigenvalue weighted by atomic mass is 32.2. The number of hydrogen-bond donors (Lipinski definition) is 1. The third kappa shape index (κ3) is 4.86. The van der Waals surface area contributed by atoms with E-state index < -0.39 is 0 Å². The highest BCUT2D eigenvalue weighted by Crippen LogP contribution is 2.29. The van der Waals surface area contributed by atoms with Crippen LogP contribution in [0.5, 0.6) is 5.75 Å². The molecule has 1 heterocycles. The summed E-state index contributed by atoms with van der Waals surface area (Å²) in [6.07, 6.45) is 1.79. The number of anilines is 1. The van der Waals surface area contributed by atoms with Crippen LogP contribution in [-0.2, 0) is 11.3 Å². The third-order valence-electron chi connectivity index (χ3n) is 4.32. The zero-order valence-electron chi connectivity index (χ0n) is 16.8. The van der Waals surface area contributed by atoms with Gasteiger partial charge in [0.25, 0.3) is 0 Å². The number of rotatable bonds is 8. The van der Waals surface area contributed by atoms with Gasteiger partial charge in [0.05, 0.1) is 18.0 Å². The molecule has 0 radical (unpaired) electrons. The normalized spacial score (nSPS) is 11.7. The fraction of sp³-hybridized carbons (Fsp3) is 0.227. The number of aryl methyl sites for hydroxylation is 1. The van der Waals surface area contributed by atoms with Crippen LogP contribution in [0.3, 0.4) is 0 Å². The van der Waals surface area contributed by atoms with Gasteiger partial charge in [-0.05, 0) is 31.5 Å². The number of nitrogens with zero attached hydrogens (tertiary/aromatic N) is 3. The summed E-state index contributed by atoms with van der Waals surface area (Å²) in [5.41, 5.74) is 2.66.